The normalized spacial score (nSPS) is 12.9. The van der Waals surface area contributed by atoms with Crippen LogP contribution in [0.3, 0.4) is 0 Å². The van der Waals surface area contributed by atoms with Gasteiger partial charge in [-0.1, -0.05) is 57.5 Å². The maximum atomic E-state index is 12.8. The zero-order valence-electron chi connectivity index (χ0n) is 17.5. The standard InChI is InChI=1S/C21H27N3O5S/c1-5-9-14(22-19(27)16(25)13-10-7-6-8-11-13)18(26)24-21-23-15(20(28)29-4)17(30-21)12(2)3/h6-8,10-12,14,16,25H,5,9H2,1-4H3,(H,22,27)(H,23,24,26)/t14-,16-/m0/s1. The van der Waals surface area contributed by atoms with Gasteiger partial charge in [0, 0.05) is 4.88 Å². The molecule has 30 heavy (non-hydrogen) atoms. The molecule has 8 nitrogen and oxygen atoms in total. The molecule has 0 aliphatic carbocycles. The van der Waals surface area contributed by atoms with E-state index in [1.54, 1.807) is 30.3 Å². The fraction of sp³-hybridized carbons (Fsp3) is 0.429. The molecule has 3 N–H and O–H groups in total. The van der Waals surface area contributed by atoms with Gasteiger partial charge >= 0.3 is 5.97 Å². The topological polar surface area (TPSA) is 118 Å². The van der Waals surface area contributed by atoms with Gasteiger partial charge in [-0.15, -0.1) is 11.3 Å². The molecule has 0 aliphatic rings. The minimum absolute atomic E-state index is 0.0226. The molecule has 2 aromatic rings. The van der Waals surface area contributed by atoms with E-state index < -0.39 is 29.9 Å². The molecular formula is C21H27N3O5S. The van der Waals surface area contributed by atoms with Crippen LogP contribution in [0, 0.1) is 0 Å². The number of aromatic nitrogens is 1. The summed E-state index contributed by atoms with van der Waals surface area (Å²) in [5.41, 5.74) is 0.609. The van der Waals surface area contributed by atoms with Crippen molar-refractivity contribution in [1.82, 2.24) is 10.3 Å². The molecule has 0 saturated heterocycles. The second-order valence-electron chi connectivity index (χ2n) is 7.03. The van der Waals surface area contributed by atoms with Gasteiger partial charge < -0.3 is 20.5 Å². The number of methoxy groups -OCH3 is 1. The Labute approximate surface area is 179 Å². The maximum Gasteiger partial charge on any atom is 0.357 e. The van der Waals surface area contributed by atoms with Crippen LogP contribution in [0.2, 0.25) is 0 Å². The molecular weight excluding hydrogens is 406 g/mol. The monoisotopic (exact) mass is 433 g/mol. The summed E-state index contributed by atoms with van der Waals surface area (Å²) < 4.78 is 4.76. The highest BCUT2D eigenvalue weighted by molar-refractivity contribution is 7.16. The van der Waals surface area contributed by atoms with Crippen LogP contribution in [0.25, 0.3) is 0 Å². The Bertz CT molecular complexity index is 882. The molecule has 2 amide bonds. The van der Waals surface area contributed by atoms with Crippen molar-refractivity contribution in [3.63, 3.8) is 0 Å². The van der Waals surface area contributed by atoms with E-state index in [-0.39, 0.29) is 16.7 Å². The van der Waals surface area contributed by atoms with Crippen LogP contribution in [0.5, 0.6) is 0 Å². The molecule has 0 saturated carbocycles. The average molecular weight is 434 g/mol. The predicted molar refractivity (Wildman–Crippen MR) is 114 cm³/mol. The number of amides is 2. The fourth-order valence-corrected chi connectivity index (χ4v) is 3.77. The molecule has 0 bridgehead atoms. The number of hydrogen-bond donors (Lipinski definition) is 3. The van der Waals surface area contributed by atoms with Crippen LogP contribution in [-0.4, -0.2) is 41.0 Å². The molecule has 0 aliphatic heterocycles. The molecule has 0 radical (unpaired) electrons. The number of nitrogens with zero attached hydrogens (tertiary/aromatic N) is 1. The third-order valence-electron chi connectivity index (χ3n) is 4.36. The summed E-state index contributed by atoms with van der Waals surface area (Å²) in [5.74, 6) is -1.67. The largest absolute Gasteiger partial charge is 0.464 e. The number of hydrogen-bond acceptors (Lipinski definition) is 7. The van der Waals surface area contributed by atoms with Crippen LogP contribution in [-0.2, 0) is 14.3 Å². The summed E-state index contributed by atoms with van der Waals surface area (Å²) in [6, 6.07) is 7.64. The second kappa shape index (κ2) is 10.8. The Kier molecular flexibility index (Phi) is 8.49. The van der Waals surface area contributed by atoms with E-state index in [0.717, 1.165) is 0 Å². The lowest BCUT2D eigenvalue weighted by Gasteiger charge is -2.19. The molecule has 1 aromatic heterocycles. The van der Waals surface area contributed by atoms with Gasteiger partial charge in [0.25, 0.3) is 5.91 Å². The summed E-state index contributed by atoms with van der Waals surface area (Å²) in [6.07, 6.45) is -0.357. The van der Waals surface area contributed by atoms with Gasteiger partial charge in [0.2, 0.25) is 5.91 Å². The van der Waals surface area contributed by atoms with E-state index in [1.807, 2.05) is 20.8 Å². The average Bonchev–Trinajstić information content (AvgIpc) is 3.16. The summed E-state index contributed by atoms with van der Waals surface area (Å²) in [6.45, 7) is 5.71. The first-order chi connectivity index (χ1) is 14.3. The van der Waals surface area contributed by atoms with Crippen LogP contribution in [0.15, 0.2) is 30.3 Å². The van der Waals surface area contributed by atoms with Gasteiger partial charge in [0.1, 0.15) is 6.04 Å². The maximum absolute atomic E-state index is 12.8. The molecule has 2 atom stereocenters. The summed E-state index contributed by atoms with van der Waals surface area (Å²) in [5, 5.41) is 15.8. The molecule has 162 valence electrons. The minimum atomic E-state index is -1.38. The number of ether oxygens (including phenoxy) is 1. The van der Waals surface area contributed by atoms with Crippen LogP contribution in [0.4, 0.5) is 5.13 Å². The number of carbonyl (C=O) groups is 3. The van der Waals surface area contributed by atoms with Gasteiger partial charge in [0.05, 0.1) is 7.11 Å². The van der Waals surface area contributed by atoms with Crippen molar-refractivity contribution < 1.29 is 24.2 Å². The van der Waals surface area contributed by atoms with E-state index in [9.17, 15) is 19.5 Å². The van der Waals surface area contributed by atoms with E-state index in [1.165, 1.54) is 18.4 Å². The lowest BCUT2D eigenvalue weighted by Crippen LogP contribution is -2.45. The number of aliphatic hydroxyl groups excluding tert-OH is 1. The van der Waals surface area contributed by atoms with Gasteiger partial charge in [-0.05, 0) is 17.9 Å². The van der Waals surface area contributed by atoms with Crippen molar-refractivity contribution >= 4 is 34.3 Å². The summed E-state index contributed by atoms with van der Waals surface area (Å²) >= 11 is 1.19. The van der Waals surface area contributed by atoms with E-state index in [2.05, 4.69) is 15.6 Å². The number of anilines is 1. The third-order valence-corrected chi connectivity index (χ3v) is 5.63. The highest BCUT2D eigenvalue weighted by Crippen LogP contribution is 2.30. The van der Waals surface area contributed by atoms with E-state index >= 15 is 0 Å². The zero-order valence-corrected chi connectivity index (χ0v) is 18.3. The van der Waals surface area contributed by atoms with Crippen LogP contribution in [0.1, 0.15) is 66.6 Å². The molecule has 2 rings (SSSR count). The number of rotatable bonds is 9. The number of nitrogens with one attached hydrogen (secondary N) is 2. The Balaban J connectivity index is 2.14. The van der Waals surface area contributed by atoms with Crippen molar-refractivity contribution in [3.8, 4) is 0 Å². The quantitative estimate of drug-likeness (QED) is 0.523. The third kappa shape index (κ3) is 5.87. The molecule has 1 heterocycles. The molecule has 1 aromatic carbocycles. The zero-order chi connectivity index (χ0) is 22.3. The first-order valence-corrected chi connectivity index (χ1v) is 10.5. The van der Waals surface area contributed by atoms with Crippen molar-refractivity contribution in [2.45, 2.75) is 51.7 Å². The number of aliphatic hydroxyl groups is 1. The van der Waals surface area contributed by atoms with Crippen LogP contribution < -0.4 is 10.6 Å². The Morgan fingerprint density at radius 1 is 1.17 bits per heavy atom. The molecule has 0 fully saturated rings. The molecule has 0 unspecified atom stereocenters. The van der Waals surface area contributed by atoms with E-state index in [0.29, 0.717) is 23.3 Å². The molecule has 0 spiro atoms. The number of thiazole rings is 1. The Morgan fingerprint density at radius 2 is 1.83 bits per heavy atom. The highest BCUT2D eigenvalue weighted by atomic mass is 32.1. The number of benzene rings is 1. The minimum Gasteiger partial charge on any atom is -0.464 e. The first-order valence-electron chi connectivity index (χ1n) is 9.71. The Morgan fingerprint density at radius 3 is 2.40 bits per heavy atom. The van der Waals surface area contributed by atoms with Gasteiger partial charge in [-0.25, -0.2) is 9.78 Å². The molecule has 9 heteroatoms. The first kappa shape index (κ1) is 23.5. The van der Waals surface area contributed by atoms with Crippen molar-refractivity contribution in [3.05, 3.63) is 46.5 Å². The van der Waals surface area contributed by atoms with Crippen molar-refractivity contribution in [2.24, 2.45) is 0 Å². The van der Waals surface area contributed by atoms with Gasteiger partial charge in [0.15, 0.2) is 16.9 Å². The predicted octanol–water partition coefficient (Wildman–Crippen LogP) is 3.01. The summed E-state index contributed by atoms with van der Waals surface area (Å²) in [4.78, 5) is 42.1. The van der Waals surface area contributed by atoms with Crippen molar-refractivity contribution in [2.75, 3.05) is 12.4 Å². The lowest BCUT2D eigenvalue weighted by atomic mass is 10.1. The van der Waals surface area contributed by atoms with Crippen molar-refractivity contribution in [1.29, 1.82) is 0 Å². The van der Waals surface area contributed by atoms with E-state index in [4.69, 9.17) is 4.74 Å². The smallest absolute Gasteiger partial charge is 0.357 e. The van der Waals surface area contributed by atoms with Gasteiger partial charge in [-0.3, -0.25) is 9.59 Å². The number of carbonyl (C=O) groups excluding carboxylic acids is 3. The number of esters is 1. The van der Waals surface area contributed by atoms with Gasteiger partial charge in [-0.2, -0.15) is 0 Å². The second-order valence-corrected chi connectivity index (χ2v) is 8.06. The SMILES string of the molecule is CCC[C@H](NC(=O)[C@@H](O)c1ccccc1)C(=O)Nc1nc(C(=O)OC)c(C(C)C)s1. The summed E-state index contributed by atoms with van der Waals surface area (Å²) in [7, 11) is 1.27. The fourth-order valence-electron chi connectivity index (χ4n) is 2.81. The Hall–Kier alpha value is -2.78. The lowest BCUT2D eigenvalue weighted by molar-refractivity contribution is -0.133. The highest BCUT2D eigenvalue weighted by Gasteiger charge is 2.27. The van der Waals surface area contributed by atoms with Crippen LogP contribution >= 0.6 is 11.3 Å².